The third-order valence-corrected chi connectivity index (χ3v) is 6.39. The van der Waals surface area contributed by atoms with Crippen LogP contribution in [0, 0.1) is 5.92 Å². The quantitative estimate of drug-likeness (QED) is 0.615. The average Bonchev–Trinajstić information content (AvgIpc) is 3.34. The van der Waals surface area contributed by atoms with E-state index in [1.165, 1.54) is 22.3 Å². The second-order valence-electron chi connectivity index (χ2n) is 8.36. The monoisotopic (exact) mass is 418 g/mol. The summed E-state index contributed by atoms with van der Waals surface area (Å²) >= 11 is 0. The third kappa shape index (κ3) is 3.93. The van der Waals surface area contributed by atoms with Crippen molar-refractivity contribution in [1.29, 1.82) is 0 Å². The Morgan fingerprint density at radius 3 is 2.45 bits per heavy atom. The fourth-order valence-electron chi connectivity index (χ4n) is 4.68. The SMILES string of the molecule is O=C(NCC1CC(n2cc(CCO)nn2)C1)OCC1c2ccccc2-c2ccccc21. The maximum Gasteiger partial charge on any atom is 0.407 e. The highest BCUT2D eigenvalue weighted by Gasteiger charge is 2.32. The van der Waals surface area contributed by atoms with Crippen molar-refractivity contribution in [2.75, 3.05) is 19.8 Å². The van der Waals surface area contributed by atoms with Crippen LogP contribution in [-0.4, -0.2) is 46.0 Å². The molecule has 2 aliphatic carbocycles. The Morgan fingerprint density at radius 2 is 1.77 bits per heavy atom. The molecule has 160 valence electrons. The molecule has 31 heavy (non-hydrogen) atoms. The van der Waals surface area contributed by atoms with Gasteiger partial charge in [-0.1, -0.05) is 53.7 Å². The van der Waals surface area contributed by atoms with Gasteiger partial charge in [-0.15, -0.1) is 5.10 Å². The number of aromatic nitrogens is 3. The van der Waals surface area contributed by atoms with Gasteiger partial charge in [0.2, 0.25) is 0 Å². The van der Waals surface area contributed by atoms with Crippen molar-refractivity contribution >= 4 is 6.09 Å². The van der Waals surface area contributed by atoms with Gasteiger partial charge in [0.15, 0.2) is 0 Å². The zero-order valence-electron chi connectivity index (χ0n) is 17.3. The molecule has 1 amide bonds. The highest BCUT2D eigenvalue weighted by molar-refractivity contribution is 5.79. The molecule has 0 aliphatic heterocycles. The molecule has 0 bridgehead atoms. The van der Waals surface area contributed by atoms with Gasteiger partial charge < -0.3 is 15.2 Å². The summed E-state index contributed by atoms with van der Waals surface area (Å²) in [7, 11) is 0. The van der Waals surface area contributed by atoms with E-state index in [1.54, 1.807) is 0 Å². The second kappa shape index (κ2) is 8.51. The highest BCUT2D eigenvalue weighted by atomic mass is 16.5. The second-order valence-corrected chi connectivity index (χ2v) is 8.36. The molecule has 0 spiro atoms. The van der Waals surface area contributed by atoms with Crippen LogP contribution in [0.4, 0.5) is 4.79 Å². The van der Waals surface area contributed by atoms with Crippen molar-refractivity contribution in [2.24, 2.45) is 5.92 Å². The van der Waals surface area contributed by atoms with Gasteiger partial charge in [-0.3, -0.25) is 0 Å². The van der Waals surface area contributed by atoms with Gasteiger partial charge in [0.1, 0.15) is 6.61 Å². The number of fused-ring (bicyclic) bond motifs is 3. The van der Waals surface area contributed by atoms with Gasteiger partial charge in [0.25, 0.3) is 0 Å². The first-order valence-electron chi connectivity index (χ1n) is 10.8. The van der Waals surface area contributed by atoms with E-state index in [4.69, 9.17) is 9.84 Å². The lowest BCUT2D eigenvalue weighted by Gasteiger charge is -2.34. The minimum Gasteiger partial charge on any atom is -0.449 e. The Kier molecular flexibility index (Phi) is 5.42. The van der Waals surface area contributed by atoms with E-state index >= 15 is 0 Å². The van der Waals surface area contributed by atoms with Crippen LogP contribution < -0.4 is 5.32 Å². The Morgan fingerprint density at radius 1 is 1.10 bits per heavy atom. The number of nitrogens with one attached hydrogen (secondary N) is 1. The predicted molar refractivity (Wildman–Crippen MR) is 116 cm³/mol. The van der Waals surface area contributed by atoms with Gasteiger partial charge in [-0.25, -0.2) is 9.48 Å². The minimum absolute atomic E-state index is 0.0756. The maximum atomic E-state index is 12.3. The van der Waals surface area contributed by atoms with Gasteiger partial charge >= 0.3 is 6.09 Å². The van der Waals surface area contributed by atoms with Gasteiger partial charge in [-0.05, 0) is 41.0 Å². The van der Waals surface area contributed by atoms with Crippen molar-refractivity contribution in [2.45, 2.75) is 31.2 Å². The summed E-state index contributed by atoms with van der Waals surface area (Å²) < 4.78 is 7.47. The van der Waals surface area contributed by atoms with Crippen LogP contribution in [0.5, 0.6) is 0 Å². The molecule has 0 unspecified atom stereocenters. The molecule has 1 heterocycles. The lowest BCUT2D eigenvalue weighted by atomic mass is 9.80. The molecule has 1 saturated carbocycles. The summed E-state index contributed by atoms with van der Waals surface area (Å²) in [5.74, 6) is 0.489. The first kappa shape index (κ1) is 19.8. The number of carbonyl (C=O) groups excluding carboxylic acids is 1. The van der Waals surface area contributed by atoms with Gasteiger partial charge in [0, 0.05) is 31.7 Å². The first-order chi connectivity index (χ1) is 15.2. The van der Waals surface area contributed by atoms with E-state index in [9.17, 15) is 4.79 Å². The summed E-state index contributed by atoms with van der Waals surface area (Å²) in [5.41, 5.74) is 5.69. The number of benzene rings is 2. The van der Waals surface area contributed by atoms with Crippen molar-refractivity contribution in [3.05, 3.63) is 71.5 Å². The zero-order chi connectivity index (χ0) is 21.2. The van der Waals surface area contributed by atoms with Crippen LogP contribution in [0.3, 0.4) is 0 Å². The summed E-state index contributed by atoms with van der Waals surface area (Å²) in [4.78, 5) is 12.3. The van der Waals surface area contributed by atoms with Crippen LogP contribution in [-0.2, 0) is 11.2 Å². The standard InChI is InChI=1S/C24H26N4O3/c29-10-9-17-14-28(27-26-17)18-11-16(12-18)13-25-24(30)31-15-23-21-7-3-1-5-19(21)20-6-2-4-8-22(20)23/h1-8,14,16,18,23,29H,9-13,15H2,(H,25,30). The molecule has 1 aromatic heterocycles. The number of alkyl carbamates (subject to hydrolysis) is 1. The molecule has 0 atom stereocenters. The topological polar surface area (TPSA) is 89.3 Å². The van der Waals surface area contributed by atoms with Crippen LogP contribution in [0.1, 0.15) is 41.6 Å². The fraction of sp³-hybridized carbons (Fsp3) is 0.375. The third-order valence-electron chi connectivity index (χ3n) is 6.39. The Balaban J connectivity index is 1.10. The molecule has 7 heteroatoms. The number of hydrogen-bond donors (Lipinski definition) is 2. The van der Waals surface area contributed by atoms with Crippen molar-refractivity contribution in [1.82, 2.24) is 20.3 Å². The van der Waals surface area contributed by atoms with Gasteiger partial charge in [0.05, 0.1) is 11.7 Å². The molecule has 7 nitrogen and oxygen atoms in total. The molecule has 1 fully saturated rings. The van der Waals surface area contributed by atoms with Crippen LogP contribution >= 0.6 is 0 Å². The van der Waals surface area contributed by atoms with Crippen molar-refractivity contribution in [3.8, 4) is 11.1 Å². The van der Waals surface area contributed by atoms with Crippen molar-refractivity contribution in [3.63, 3.8) is 0 Å². The molecule has 2 aromatic carbocycles. The number of aliphatic hydroxyl groups excluding tert-OH is 1. The average molecular weight is 418 g/mol. The summed E-state index contributed by atoms with van der Waals surface area (Å²) in [6, 6.07) is 17.0. The van der Waals surface area contributed by atoms with Crippen LogP contribution in [0.15, 0.2) is 54.7 Å². The van der Waals surface area contributed by atoms with Gasteiger partial charge in [-0.2, -0.15) is 0 Å². The number of ether oxygens (including phenoxy) is 1. The largest absolute Gasteiger partial charge is 0.449 e. The zero-order valence-corrected chi connectivity index (χ0v) is 17.3. The Labute approximate surface area is 181 Å². The van der Waals surface area contributed by atoms with E-state index in [1.807, 2.05) is 35.1 Å². The number of carbonyl (C=O) groups is 1. The molecule has 5 rings (SSSR count). The normalized spacial score (nSPS) is 19.4. The van der Waals surface area contributed by atoms with E-state index in [2.05, 4.69) is 39.9 Å². The highest BCUT2D eigenvalue weighted by Crippen LogP contribution is 2.44. The van der Waals surface area contributed by atoms with E-state index in [0.29, 0.717) is 31.5 Å². The number of hydrogen-bond acceptors (Lipinski definition) is 5. The van der Waals surface area contributed by atoms with E-state index < -0.39 is 0 Å². The lowest BCUT2D eigenvalue weighted by Crippen LogP contribution is -2.37. The molecule has 0 radical (unpaired) electrons. The number of rotatable bonds is 7. The summed E-state index contributed by atoms with van der Waals surface area (Å²) in [6.07, 6.45) is 3.96. The molecule has 3 aromatic rings. The maximum absolute atomic E-state index is 12.3. The molecule has 2 N–H and O–H groups in total. The smallest absolute Gasteiger partial charge is 0.407 e. The number of aliphatic hydroxyl groups is 1. The molecule has 2 aliphatic rings. The summed E-state index contributed by atoms with van der Waals surface area (Å²) in [6.45, 7) is 1.02. The number of amides is 1. The van der Waals surface area contributed by atoms with E-state index in [0.717, 1.165) is 18.5 Å². The van der Waals surface area contributed by atoms with Crippen LogP contribution in [0.25, 0.3) is 11.1 Å². The van der Waals surface area contributed by atoms with Crippen molar-refractivity contribution < 1.29 is 14.6 Å². The van der Waals surface area contributed by atoms with E-state index in [-0.39, 0.29) is 18.6 Å². The first-order valence-corrected chi connectivity index (χ1v) is 10.8. The van der Waals surface area contributed by atoms with Crippen LogP contribution in [0.2, 0.25) is 0 Å². The minimum atomic E-state index is -0.365. The molecule has 0 saturated heterocycles. The molecular formula is C24H26N4O3. The Bertz CT molecular complexity index is 1030. The number of nitrogens with zero attached hydrogens (tertiary/aromatic N) is 3. The summed E-state index contributed by atoms with van der Waals surface area (Å²) in [5, 5.41) is 20.1. The molecular weight excluding hydrogens is 392 g/mol. The lowest BCUT2D eigenvalue weighted by molar-refractivity contribution is 0.131. The Hall–Kier alpha value is -3.19. The fourth-order valence-corrected chi connectivity index (χ4v) is 4.68. The predicted octanol–water partition coefficient (Wildman–Crippen LogP) is 3.30.